The third-order valence-corrected chi connectivity index (χ3v) is 3.02. The van der Waals surface area contributed by atoms with E-state index in [2.05, 4.69) is 23.2 Å². The minimum absolute atomic E-state index is 0.198. The number of hydrogen-bond acceptors (Lipinski definition) is 1. The van der Waals surface area contributed by atoms with Crippen molar-refractivity contribution in [2.75, 3.05) is 0 Å². The lowest BCUT2D eigenvalue weighted by atomic mass is 10.1. The van der Waals surface area contributed by atoms with Crippen LogP contribution in [0.2, 0.25) is 0 Å². The second kappa shape index (κ2) is 3.74. The van der Waals surface area contributed by atoms with E-state index >= 15 is 0 Å². The molecule has 0 radical (unpaired) electrons. The van der Waals surface area contributed by atoms with Gasteiger partial charge >= 0.3 is 0 Å². The Morgan fingerprint density at radius 3 is 2.65 bits per heavy atom. The number of nitrogens with one attached hydrogen (secondary N) is 1. The third kappa shape index (κ3) is 1.72. The molecule has 0 fully saturated rings. The van der Waals surface area contributed by atoms with Crippen molar-refractivity contribution < 1.29 is 4.79 Å². The van der Waals surface area contributed by atoms with Crippen molar-refractivity contribution in [2.24, 2.45) is 0 Å². The number of ketones is 1. The fourth-order valence-corrected chi connectivity index (χ4v) is 2.29. The molecule has 84 valence electrons. The molecule has 1 N–H and O–H groups in total. The molecule has 0 amide bonds. The van der Waals surface area contributed by atoms with Crippen LogP contribution in [0.5, 0.6) is 0 Å². The number of para-hydroxylation sites is 1. The van der Waals surface area contributed by atoms with Gasteiger partial charge in [0, 0.05) is 28.2 Å². The number of Topliss-reactive ketones (excluding diaryl/α,β-unsaturated/α-hetero) is 1. The summed E-state index contributed by atoms with van der Waals surface area (Å²) >= 11 is 0. The predicted molar refractivity (Wildman–Crippen MR) is 70.2 cm³/mol. The van der Waals surface area contributed by atoms with Gasteiger partial charge in [-0.3, -0.25) is 4.79 Å². The monoisotopic (exact) mass is 223 g/mol. The first kappa shape index (κ1) is 10.1. The van der Waals surface area contributed by atoms with Crippen LogP contribution in [0.1, 0.15) is 12.5 Å². The van der Waals surface area contributed by atoms with E-state index in [4.69, 9.17) is 0 Å². The van der Waals surface area contributed by atoms with Crippen LogP contribution < -0.4 is 0 Å². The average Bonchev–Trinajstić information content (AvgIpc) is 2.66. The molecule has 0 aliphatic carbocycles. The highest BCUT2D eigenvalue weighted by Gasteiger charge is 2.05. The summed E-state index contributed by atoms with van der Waals surface area (Å²) in [6, 6.07) is 14.4. The highest BCUT2D eigenvalue weighted by molar-refractivity contribution is 6.07. The minimum Gasteiger partial charge on any atom is -0.355 e. The van der Waals surface area contributed by atoms with E-state index in [0.29, 0.717) is 6.42 Å². The largest absolute Gasteiger partial charge is 0.355 e. The van der Waals surface area contributed by atoms with E-state index < -0.39 is 0 Å². The van der Waals surface area contributed by atoms with Gasteiger partial charge in [-0.1, -0.05) is 24.3 Å². The molecule has 2 nitrogen and oxygen atoms in total. The van der Waals surface area contributed by atoms with Gasteiger partial charge in [-0.25, -0.2) is 0 Å². The number of carbonyl (C=O) groups is 1. The van der Waals surface area contributed by atoms with Gasteiger partial charge in [0.1, 0.15) is 5.78 Å². The minimum atomic E-state index is 0.198. The smallest absolute Gasteiger partial charge is 0.134 e. The first-order chi connectivity index (χ1) is 8.24. The highest BCUT2D eigenvalue weighted by atomic mass is 16.1. The fourth-order valence-electron chi connectivity index (χ4n) is 2.29. The summed E-state index contributed by atoms with van der Waals surface area (Å²) in [6.07, 6.45) is 0.509. The molecule has 0 atom stereocenters. The number of fused-ring (bicyclic) bond motifs is 3. The van der Waals surface area contributed by atoms with Crippen LogP contribution in [0.4, 0.5) is 0 Å². The van der Waals surface area contributed by atoms with E-state index in [9.17, 15) is 4.79 Å². The molecule has 2 aromatic carbocycles. The zero-order valence-electron chi connectivity index (χ0n) is 9.66. The maximum Gasteiger partial charge on any atom is 0.134 e. The summed E-state index contributed by atoms with van der Waals surface area (Å²) in [6.45, 7) is 1.62. The van der Waals surface area contributed by atoms with Gasteiger partial charge in [-0.15, -0.1) is 0 Å². The Hall–Kier alpha value is -2.09. The normalized spacial score (nSPS) is 11.1. The van der Waals surface area contributed by atoms with Crippen molar-refractivity contribution in [1.82, 2.24) is 4.98 Å². The summed E-state index contributed by atoms with van der Waals surface area (Å²) in [7, 11) is 0. The van der Waals surface area contributed by atoms with Gasteiger partial charge in [0.2, 0.25) is 0 Å². The predicted octanol–water partition coefficient (Wildman–Crippen LogP) is 3.45. The number of benzene rings is 2. The molecule has 17 heavy (non-hydrogen) atoms. The molecule has 3 rings (SSSR count). The number of aromatic amines is 1. The van der Waals surface area contributed by atoms with Crippen LogP contribution in [0.15, 0.2) is 42.5 Å². The molecule has 0 aliphatic rings. The lowest BCUT2D eigenvalue weighted by Crippen LogP contribution is -1.95. The molecular weight excluding hydrogens is 210 g/mol. The van der Waals surface area contributed by atoms with Crippen LogP contribution in [0.25, 0.3) is 21.8 Å². The molecule has 0 spiro atoms. The summed E-state index contributed by atoms with van der Waals surface area (Å²) < 4.78 is 0. The van der Waals surface area contributed by atoms with Crippen LogP contribution in [-0.2, 0) is 11.2 Å². The maximum absolute atomic E-state index is 11.1. The van der Waals surface area contributed by atoms with Gasteiger partial charge in [-0.2, -0.15) is 0 Å². The van der Waals surface area contributed by atoms with Gasteiger partial charge < -0.3 is 4.98 Å². The Morgan fingerprint density at radius 1 is 1.06 bits per heavy atom. The van der Waals surface area contributed by atoms with E-state index in [1.807, 2.05) is 24.3 Å². The Balaban J connectivity index is 2.26. The van der Waals surface area contributed by atoms with Crippen molar-refractivity contribution in [2.45, 2.75) is 13.3 Å². The quantitative estimate of drug-likeness (QED) is 0.709. The van der Waals surface area contributed by atoms with Crippen LogP contribution in [-0.4, -0.2) is 10.8 Å². The molecule has 0 bridgehead atoms. The number of carbonyl (C=O) groups excluding carboxylic acids is 1. The first-order valence-electron chi connectivity index (χ1n) is 5.73. The summed E-state index contributed by atoms with van der Waals surface area (Å²) in [5, 5.41) is 2.41. The summed E-state index contributed by atoms with van der Waals surface area (Å²) in [4.78, 5) is 14.5. The number of hydrogen-bond donors (Lipinski definition) is 1. The summed E-state index contributed by atoms with van der Waals surface area (Å²) in [5.41, 5.74) is 3.34. The summed E-state index contributed by atoms with van der Waals surface area (Å²) in [5.74, 6) is 0.198. The molecule has 0 unspecified atom stereocenters. The Kier molecular flexibility index (Phi) is 2.22. The van der Waals surface area contributed by atoms with Crippen LogP contribution in [0, 0.1) is 0 Å². The van der Waals surface area contributed by atoms with Gasteiger partial charge in [0.05, 0.1) is 0 Å². The van der Waals surface area contributed by atoms with E-state index in [1.165, 1.54) is 10.8 Å². The molecule has 1 aromatic heterocycles. The second-order valence-electron chi connectivity index (χ2n) is 4.43. The van der Waals surface area contributed by atoms with Crippen molar-refractivity contribution in [1.29, 1.82) is 0 Å². The Bertz CT molecular complexity index is 709. The molecule has 0 aliphatic heterocycles. The molecule has 1 heterocycles. The number of rotatable bonds is 2. The van der Waals surface area contributed by atoms with Crippen molar-refractivity contribution in [3.8, 4) is 0 Å². The molecular formula is C15H13NO. The standard InChI is InChI=1S/C15H13NO/c1-10(17)8-11-6-7-15-13(9-11)12-4-2-3-5-14(12)16-15/h2-7,9,16H,8H2,1H3. The SMILES string of the molecule is CC(=O)Cc1ccc2[nH]c3ccccc3c2c1. The van der Waals surface area contributed by atoms with Crippen LogP contribution >= 0.6 is 0 Å². The Morgan fingerprint density at radius 2 is 1.82 bits per heavy atom. The van der Waals surface area contributed by atoms with Gasteiger partial charge in [-0.05, 0) is 30.7 Å². The van der Waals surface area contributed by atoms with E-state index in [0.717, 1.165) is 16.6 Å². The van der Waals surface area contributed by atoms with Crippen molar-refractivity contribution >= 4 is 27.6 Å². The van der Waals surface area contributed by atoms with E-state index in [1.54, 1.807) is 6.92 Å². The average molecular weight is 223 g/mol. The third-order valence-electron chi connectivity index (χ3n) is 3.02. The number of aromatic nitrogens is 1. The van der Waals surface area contributed by atoms with Gasteiger partial charge in [0.15, 0.2) is 0 Å². The molecule has 0 saturated heterocycles. The molecule has 2 heteroatoms. The lowest BCUT2D eigenvalue weighted by Gasteiger charge is -1.98. The van der Waals surface area contributed by atoms with Crippen molar-refractivity contribution in [3.63, 3.8) is 0 Å². The first-order valence-corrected chi connectivity index (χ1v) is 5.73. The lowest BCUT2D eigenvalue weighted by molar-refractivity contribution is -0.116. The Labute approximate surface area is 99.3 Å². The van der Waals surface area contributed by atoms with Crippen molar-refractivity contribution in [3.05, 3.63) is 48.0 Å². The zero-order chi connectivity index (χ0) is 11.8. The topological polar surface area (TPSA) is 32.9 Å². The molecule has 3 aromatic rings. The van der Waals surface area contributed by atoms with Crippen LogP contribution in [0.3, 0.4) is 0 Å². The number of H-pyrrole nitrogens is 1. The van der Waals surface area contributed by atoms with E-state index in [-0.39, 0.29) is 5.78 Å². The second-order valence-corrected chi connectivity index (χ2v) is 4.43. The van der Waals surface area contributed by atoms with Gasteiger partial charge in [0.25, 0.3) is 0 Å². The fraction of sp³-hybridized carbons (Fsp3) is 0.133. The maximum atomic E-state index is 11.1. The highest BCUT2D eigenvalue weighted by Crippen LogP contribution is 2.26. The zero-order valence-corrected chi connectivity index (χ0v) is 9.66. The molecule has 0 saturated carbocycles.